The Labute approximate surface area is 93.2 Å². The highest BCUT2D eigenvalue weighted by Gasteiger charge is 2.30. The van der Waals surface area contributed by atoms with E-state index in [9.17, 15) is 13.2 Å². The number of halogens is 3. The molecule has 1 aliphatic rings. The van der Waals surface area contributed by atoms with Crippen molar-refractivity contribution in [1.29, 1.82) is 0 Å². The first-order valence-corrected chi connectivity index (χ1v) is 6.45. The fourth-order valence-electron chi connectivity index (χ4n) is 2.24. The molecular formula is C10H18F3NS. The Morgan fingerprint density at radius 2 is 2.07 bits per heavy atom. The van der Waals surface area contributed by atoms with Crippen LogP contribution in [0.2, 0.25) is 0 Å². The molecule has 90 valence electrons. The first-order valence-electron chi connectivity index (χ1n) is 5.47. The summed E-state index contributed by atoms with van der Waals surface area (Å²) in [5, 5.41) is 3.35. The Kier molecular flexibility index (Phi) is 5.26. The fourth-order valence-corrected chi connectivity index (χ4v) is 2.89. The van der Waals surface area contributed by atoms with Gasteiger partial charge in [-0.25, -0.2) is 0 Å². The van der Waals surface area contributed by atoms with Crippen molar-refractivity contribution in [2.75, 3.05) is 12.3 Å². The third-order valence-electron chi connectivity index (χ3n) is 2.88. The zero-order chi connectivity index (χ0) is 11.3. The van der Waals surface area contributed by atoms with Gasteiger partial charge in [0.15, 0.2) is 0 Å². The van der Waals surface area contributed by atoms with Crippen molar-refractivity contribution >= 4 is 11.8 Å². The number of rotatable bonds is 5. The van der Waals surface area contributed by atoms with Gasteiger partial charge >= 0.3 is 5.51 Å². The molecular weight excluding hydrogens is 223 g/mol. The molecule has 1 saturated carbocycles. The predicted molar refractivity (Wildman–Crippen MR) is 57.9 cm³/mol. The molecule has 1 nitrogen and oxygen atoms in total. The highest BCUT2D eigenvalue weighted by molar-refractivity contribution is 8.00. The van der Waals surface area contributed by atoms with Gasteiger partial charge in [-0.15, -0.1) is 0 Å². The smallest absolute Gasteiger partial charge is 0.314 e. The normalized spacial score (nSPS) is 27.2. The number of hydrogen-bond donors (Lipinski definition) is 1. The van der Waals surface area contributed by atoms with E-state index in [0.29, 0.717) is 18.4 Å². The average Bonchev–Trinajstić information content (AvgIpc) is 2.51. The van der Waals surface area contributed by atoms with E-state index in [4.69, 9.17) is 0 Å². The molecule has 0 aromatic carbocycles. The quantitative estimate of drug-likeness (QED) is 0.791. The van der Waals surface area contributed by atoms with Crippen molar-refractivity contribution in [1.82, 2.24) is 5.32 Å². The van der Waals surface area contributed by atoms with Gasteiger partial charge in [0, 0.05) is 11.8 Å². The largest absolute Gasteiger partial charge is 0.441 e. The number of alkyl halides is 3. The second kappa shape index (κ2) is 5.99. The summed E-state index contributed by atoms with van der Waals surface area (Å²) in [5.74, 6) is 0.649. The van der Waals surface area contributed by atoms with E-state index in [2.05, 4.69) is 5.32 Å². The van der Waals surface area contributed by atoms with Crippen molar-refractivity contribution < 1.29 is 13.2 Å². The lowest BCUT2D eigenvalue weighted by Gasteiger charge is -2.20. The molecule has 0 aliphatic heterocycles. The maximum atomic E-state index is 11.9. The third kappa shape index (κ3) is 5.11. The van der Waals surface area contributed by atoms with E-state index in [1.54, 1.807) is 0 Å². The first-order chi connectivity index (χ1) is 7.03. The Hall–Kier alpha value is 0.100. The summed E-state index contributed by atoms with van der Waals surface area (Å²) < 4.78 is 35.8. The van der Waals surface area contributed by atoms with Crippen LogP contribution in [0, 0.1) is 5.92 Å². The Bertz CT molecular complexity index is 184. The minimum atomic E-state index is -4.06. The van der Waals surface area contributed by atoms with Crippen LogP contribution in [0.1, 0.15) is 32.6 Å². The van der Waals surface area contributed by atoms with E-state index in [0.717, 1.165) is 25.8 Å². The molecule has 0 heterocycles. The van der Waals surface area contributed by atoms with Crippen LogP contribution in [-0.4, -0.2) is 23.8 Å². The molecule has 0 spiro atoms. The maximum Gasteiger partial charge on any atom is 0.441 e. The van der Waals surface area contributed by atoms with Crippen LogP contribution in [0.3, 0.4) is 0 Å². The van der Waals surface area contributed by atoms with Gasteiger partial charge in [-0.05, 0) is 31.7 Å². The molecule has 2 unspecified atom stereocenters. The summed E-state index contributed by atoms with van der Waals surface area (Å²) in [5.41, 5.74) is -4.06. The Morgan fingerprint density at radius 1 is 1.33 bits per heavy atom. The van der Waals surface area contributed by atoms with Crippen LogP contribution in [0.15, 0.2) is 0 Å². The molecule has 1 rings (SSSR count). The maximum absolute atomic E-state index is 11.9. The fraction of sp³-hybridized carbons (Fsp3) is 1.00. The van der Waals surface area contributed by atoms with Gasteiger partial charge in [0.25, 0.3) is 0 Å². The molecule has 0 bridgehead atoms. The van der Waals surface area contributed by atoms with Crippen LogP contribution >= 0.6 is 11.8 Å². The minimum absolute atomic E-state index is 0.113. The Morgan fingerprint density at radius 3 is 2.67 bits per heavy atom. The summed E-state index contributed by atoms with van der Waals surface area (Å²) in [6.45, 7) is 2.95. The van der Waals surface area contributed by atoms with Gasteiger partial charge in [0.05, 0.1) is 0 Å². The van der Waals surface area contributed by atoms with Gasteiger partial charge in [-0.3, -0.25) is 0 Å². The average molecular weight is 241 g/mol. The highest BCUT2D eigenvalue weighted by atomic mass is 32.2. The first kappa shape index (κ1) is 13.2. The van der Waals surface area contributed by atoms with E-state index in [-0.39, 0.29) is 17.5 Å². The molecule has 0 saturated heterocycles. The molecule has 1 N–H and O–H groups in total. The lowest BCUT2D eigenvalue weighted by Crippen LogP contribution is -2.32. The number of hydrogen-bond acceptors (Lipinski definition) is 2. The van der Waals surface area contributed by atoms with Gasteiger partial charge < -0.3 is 5.32 Å². The lowest BCUT2D eigenvalue weighted by molar-refractivity contribution is -0.0328. The summed E-state index contributed by atoms with van der Waals surface area (Å²) >= 11 is 0.113. The van der Waals surface area contributed by atoms with Crippen LogP contribution in [0.5, 0.6) is 0 Å². The van der Waals surface area contributed by atoms with Crippen molar-refractivity contribution in [3.8, 4) is 0 Å². The minimum Gasteiger partial charge on any atom is -0.314 e. The number of thioether (sulfide) groups is 1. The molecule has 0 radical (unpaired) electrons. The summed E-state index contributed by atoms with van der Waals surface area (Å²) in [7, 11) is 0. The van der Waals surface area contributed by atoms with Crippen LogP contribution in [-0.2, 0) is 0 Å². The number of nitrogens with one attached hydrogen (secondary N) is 1. The predicted octanol–water partition coefficient (Wildman–Crippen LogP) is 3.41. The zero-order valence-electron chi connectivity index (χ0n) is 8.94. The van der Waals surface area contributed by atoms with Crippen molar-refractivity contribution in [2.45, 2.75) is 44.2 Å². The second-order valence-corrected chi connectivity index (χ2v) is 5.10. The topological polar surface area (TPSA) is 12.0 Å². The standard InChI is InChI=1S/C10H18F3NS/c1-2-14-9-5-3-4-8(9)6-7-15-10(11,12)13/h8-9,14H,2-7H2,1H3. The van der Waals surface area contributed by atoms with E-state index in [1.807, 2.05) is 6.92 Å². The van der Waals surface area contributed by atoms with Crippen molar-refractivity contribution in [2.24, 2.45) is 5.92 Å². The van der Waals surface area contributed by atoms with Crippen LogP contribution in [0.25, 0.3) is 0 Å². The highest BCUT2D eigenvalue weighted by Crippen LogP contribution is 2.34. The molecule has 0 aromatic rings. The SMILES string of the molecule is CCNC1CCCC1CCSC(F)(F)F. The zero-order valence-corrected chi connectivity index (χ0v) is 9.76. The molecule has 5 heteroatoms. The lowest BCUT2D eigenvalue weighted by atomic mass is 10.0. The van der Waals surface area contributed by atoms with Crippen LogP contribution < -0.4 is 5.32 Å². The molecule has 2 atom stereocenters. The van der Waals surface area contributed by atoms with E-state index >= 15 is 0 Å². The monoisotopic (exact) mass is 241 g/mol. The molecule has 0 aromatic heterocycles. The molecule has 1 aliphatic carbocycles. The Balaban J connectivity index is 2.20. The summed E-state index contributed by atoms with van der Waals surface area (Å²) in [6.07, 6.45) is 4.03. The molecule has 15 heavy (non-hydrogen) atoms. The summed E-state index contributed by atoms with van der Waals surface area (Å²) in [4.78, 5) is 0. The van der Waals surface area contributed by atoms with Crippen molar-refractivity contribution in [3.63, 3.8) is 0 Å². The molecule has 1 fully saturated rings. The van der Waals surface area contributed by atoms with E-state index in [1.165, 1.54) is 0 Å². The third-order valence-corrected chi connectivity index (χ3v) is 3.65. The summed E-state index contributed by atoms with van der Waals surface area (Å²) in [6, 6.07) is 0.448. The van der Waals surface area contributed by atoms with Gasteiger partial charge in [0.2, 0.25) is 0 Å². The van der Waals surface area contributed by atoms with Gasteiger partial charge in [-0.2, -0.15) is 13.2 Å². The van der Waals surface area contributed by atoms with Crippen LogP contribution in [0.4, 0.5) is 13.2 Å². The van der Waals surface area contributed by atoms with E-state index < -0.39 is 5.51 Å². The second-order valence-electron chi connectivity index (χ2n) is 3.94. The molecule has 0 amide bonds. The van der Waals surface area contributed by atoms with Gasteiger partial charge in [-0.1, -0.05) is 25.1 Å². The van der Waals surface area contributed by atoms with Gasteiger partial charge in [0.1, 0.15) is 0 Å². The van der Waals surface area contributed by atoms with Crippen molar-refractivity contribution in [3.05, 3.63) is 0 Å².